The highest BCUT2D eigenvalue weighted by Crippen LogP contribution is 2.36. The van der Waals surface area contributed by atoms with Gasteiger partial charge in [-0.25, -0.2) is 0 Å². The van der Waals surface area contributed by atoms with E-state index in [2.05, 4.69) is 5.32 Å². The van der Waals surface area contributed by atoms with Crippen LogP contribution in [0.1, 0.15) is 24.8 Å². The zero-order chi connectivity index (χ0) is 13.2. The van der Waals surface area contributed by atoms with E-state index < -0.39 is 11.7 Å². The van der Waals surface area contributed by atoms with Crippen LogP contribution < -0.4 is 5.32 Å². The lowest BCUT2D eigenvalue weighted by molar-refractivity contribution is -0.137. The van der Waals surface area contributed by atoms with Crippen molar-refractivity contribution in [2.75, 3.05) is 12.4 Å². The maximum Gasteiger partial charge on any atom is 0.418 e. The molecular formula is C13H16F3NO. The van der Waals surface area contributed by atoms with Gasteiger partial charge in [0.1, 0.15) is 0 Å². The van der Waals surface area contributed by atoms with Gasteiger partial charge < -0.3 is 10.1 Å². The van der Waals surface area contributed by atoms with Crippen molar-refractivity contribution in [2.24, 2.45) is 0 Å². The van der Waals surface area contributed by atoms with Gasteiger partial charge in [0, 0.05) is 12.8 Å². The van der Waals surface area contributed by atoms with E-state index >= 15 is 0 Å². The maximum absolute atomic E-state index is 12.8. The van der Waals surface area contributed by atoms with Crippen molar-refractivity contribution in [2.45, 2.75) is 37.6 Å². The van der Waals surface area contributed by atoms with Crippen LogP contribution in [0.15, 0.2) is 24.3 Å². The Bertz CT molecular complexity index is 405. The van der Waals surface area contributed by atoms with Crippen LogP contribution in [0.4, 0.5) is 18.9 Å². The average molecular weight is 259 g/mol. The van der Waals surface area contributed by atoms with Gasteiger partial charge in [0.2, 0.25) is 0 Å². The lowest BCUT2D eigenvalue weighted by Gasteiger charge is -2.23. The van der Waals surface area contributed by atoms with Crippen molar-refractivity contribution < 1.29 is 17.9 Å². The number of halogens is 3. The molecule has 2 unspecified atom stereocenters. The molecule has 18 heavy (non-hydrogen) atoms. The van der Waals surface area contributed by atoms with Crippen LogP contribution in [-0.2, 0) is 10.9 Å². The quantitative estimate of drug-likeness (QED) is 0.894. The first-order valence-corrected chi connectivity index (χ1v) is 5.98. The Morgan fingerprint density at radius 2 is 1.94 bits per heavy atom. The summed E-state index contributed by atoms with van der Waals surface area (Å²) in [5.74, 6) is 0. The van der Waals surface area contributed by atoms with Crippen LogP contribution in [0.2, 0.25) is 0 Å². The number of para-hydroxylation sites is 1. The summed E-state index contributed by atoms with van der Waals surface area (Å²) in [6.07, 6.45) is -1.63. The zero-order valence-corrected chi connectivity index (χ0v) is 10.1. The van der Waals surface area contributed by atoms with Crippen LogP contribution >= 0.6 is 0 Å². The summed E-state index contributed by atoms with van der Waals surface area (Å²) < 4.78 is 43.8. The van der Waals surface area contributed by atoms with Gasteiger partial charge in [0.15, 0.2) is 0 Å². The Balaban J connectivity index is 2.19. The Kier molecular flexibility index (Phi) is 3.80. The normalized spacial score (nSPS) is 24.2. The third-order valence-corrected chi connectivity index (χ3v) is 3.33. The summed E-state index contributed by atoms with van der Waals surface area (Å²) in [6.45, 7) is 0. The topological polar surface area (TPSA) is 21.3 Å². The summed E-state index contributed by atoms with van der Waals surface area (Å²) in [5, 5.41) is 2.97. The van der Waals surface area contributed by atoms with E-state index in [9.17, 15) is 13.2 Å². The van der Waals surface area contributed by atoms with Crippen molar-refractivity contribution >= 4 is 5.69 Å². The SMILES string of the molecule is COC1CCCC1Nc1ccccc1C(F)(F)F. The van der Waals surface area contributed by atoms with Gasteiger partial charge in [-0.05, 0) is 31.4 Å². The van der Waals surface area contributed by atoms with Crippen molar-refractivity contribution in [3.8, 4) is 0 Å². The van der Waals surface area contributed by atoms with Gasteiger partial charge in [-0.15, -0.1) is 0 Å². The third kappa shape index (κ3) is 2.77. The van der Waals surface area contributed by atoms with Crippen LogP contribution in [0.5, 0.6) is 0 Å². The summed E-state index contributed by atoms with van der Waals surface area (Å²) in [6, 6.07) is 5.52. The summed E-state index contributed by atoms with van der Waals surface area (Å²) in [4.78, 5) is 0. The Morgan fingerprint density at radius 3 is 2.61 bits per heavy atom. The van der Waals surface area contributed by atoms with E-state index in [1.54, 1.807) is 13.2 Å². The molecule has 1 aromatic carbocycles. The number of alkyl halides is 3. The number of hydrogen-bond donors (Lipinski definition) is 1. The molecule has 1 aromatic rings. The monoisotopic (exact) mass is 259 g/mol. The van der Waals surface area contributed by atoms with Gasteiger partial charge in [0.05, 0.1) is 17.7 Å². The lowest BCUT2D eigenvalue weighted by Crippen LogP contribution is -2.30. The minimum absolute atomic E-state index is 0.00807. The number of hydrogen-bond acceptors (Lipinski definition) is 2. The van der Waals surface area contributed by atoms with Crippen LogP contribution in [-0.4, -0.2) is 19.3 Å². The van der Waals surface area contributed by atoms with Crippen LogP contribution in [0.25, 0.3) is 0 Å². The number of methoxy groups -OCH3 is 1. The Hall–Kier alpha value is -1.23. The first kappa shape index (κ1) is 13.2. The molecule has 0 heterocycles. The van der Waals surface area contributed by atoms with Crippen LogP contribution in [0.3, 0.4) is 0 Å². The fraction of sp³-hybridized carbons (Fsp3) is 0.538. The van der Waals surface area contributed by atoms with Gasteiger partial charge in [-0.1, -0.05) is 12.1 Å². The molecule has 0 saturated heterocycles. The molecule has 1 N–H and O–H groups in total. The highest BCUT2D eigenvalue weighted by Gasteiger charge is 2.35. The molecule has 0 amide bonds. The molecule has 1 saturated carbocycles. The van der Waals surface area contributed by atoms with E-state index in [1.807, 2.05) is 0 Å². The molecule has 100 valence electrons. The first-order chi connectivity index (χ1) is 8.52. The average Bonchev–Trinajstić information content (AvgIpc) is 2.75. The van der Waals surface area contributed by atoms with Gasteiger partial charge >= 0.3 is 6.18 Å². The molecule has 5 heteroatoms. The Labute approximate surface area is 104 Å². The lowest BCUT2D eigenvalue weighted by atomic mass is 10.1. The van der Waals surface area contributed by atoms with Crippen molar-refractivity contribution in [1.29, 1.82) is 0 Å². The van der Waals surface area contributed by atoms with E-state index in [0.29, 0.717) is 0 Å². The highest BCUT2D eigenvalue weighted by molar-refractivity contribution is 5.53. The number of ether oxygens (including phenoxy) is 1. The second-order valence-corrected chi connectivity index (χ2v) is 4.50. The number of rotatable bonds is 3. The molecule has 1 fully saturated rings. The van der Waals surface area contributed by atoms with E-state index in [1.165, 1.54) is 12.1 Å². The molecule has 0 aliphatic heterocycles. The van der Waals surface area contributed by atoms with Crippen LogP contribution in [0, 0.1) is 0 Å². The molecule has 2 atom stereocenters. The predicted octanol–water partition coefficient (Wildman–Crippen LogP) is 3.68. The van der Waals surface area contributed by atoms with Crippen molar-refractivity contribution in [3.05, 3.63) is 29.8 Å². The number of nitrogens with one attached hydrogen (secondary N) is 1. The molecule has 0 radical (unpaired) electrons. The fourth-order valence-corrected chi connectivity index (χ4v) is 2.43. The first-order valence-electron chi connectivity index (χ1n) is 5.98. The molecule has 1 aliphatic rings. The fourth-order valence-electron chi connectivity index (χ4n) is 2.43. The van der Waals surface area contributed by atoms with E-state index in [0.717, 1.165) is 25.3 Å². The molecule has 0 spiro atoms. The standard InChI is InChI=1S/C13H16F3NO/c1-18-12-8-4-7-11(12)17-10-6-3-2-5-9(10)13(14,15)16/h2-3,5-6,11-12,17H,4,7-8H2,1H3. The number of benzene rings is 1. The highest BCUT2D eigenvalue weighted by atomic mass is 19.4. The Morgan fingerprint density at radius 1 is 1.22 bits per heavy atom. The smallest absolute Gasteiger partial charge is 0.379 e. The molecule has 1 aliphatic carbocycles. The number of anilines is 1. The van der Waals surface area contributed by atoms with Crippen molar-refractivity contribution in [1.82, 2.24) is 0 Å². The molecule has 0 bridgehead atoms. The van der Waals surface area contributed by atoms with Gasteiger partial charge in [0.25, 0.3) is 0 Å². The van der Waals surface area contributed by atoms with Crippen molar-refractivity contribution in [3.63, 3.8) is 0 Å². The summed E-state index contributed by atoms with van der Waals surface area (Å²) >= 11 is 0. The molecule has 2 rings (SSSR count). The molecule has 2 nitrogen and oxygen atoms in total. The second-order valence-electron chi connectivity index (χ2n) is 4.50. The second kappa shape index (κ2) is 5.18. The largest absolute Gasteiger partial charge is 0.418 e. The third-order valence-electron chi connectivity index (χ3n) is 3.33. The van der Waals surface area contributed by atoms with Gasteiger partial charge in [-0.3, -0.25) is 0 Å². The molecular weight excluding hydrogens is 243 g/mol. The predicted molar refractivity (Wildman–Crippen MR) is 63.5 cm³/mol. The summed E-state index contributed by atoms with van der Waals surface area (Å²) in [5.41, 5.74) is -0.481. The maximum atomic E-state index is 12.8. The molecule has 0 aromatic heterocycles. The summed E-state index contributed by atoms with van der Waals surface area (Å²) in [7, 11) is 1.60. The van der Waals surface area contributed by atoms with Gasteiger partial charge in [-0.2, -0.15) is 13.2 Å². The van der Waals surface area contributed by atoms with E-state index in [-0.39, 0.29) is 17.8 Å². The zero-order valence-electron chi connectivity index (χ0n) is 10.1. The minimum atomic E-state index is -4.33. The van der Waals surface area contributed by atoms with E-state index in [4.69, 9.17) is 4.74 Å². The minimum Gasteiger partial charge on any atom is -0.379 e.